The smallest absolute Gasteiger partial charge is 0.195 e. The third-order valence-electron chi connectivity index (χ3n) is 11.1. The van der Waals surface area contributed by atoms with Crippen LogP contribution in [0.4, 0.5) is 10.1 Å². The number of allylic oxidation sites excluding steroid dienone is 4. The number of aliphatic hydroxyl groups excluding tert-OH is 2. The number of ketones is 2. The van der Waals surface area contributed by atoms with E-state index in [-0.39, 0.29) is 29.4 Å². The zero-order valence-electron chi connectivity index (χ0n) is 23.7. The molecule has 7 rings (SSSR count). The number of thiophene rings is 1. The van der Waals surface area contributed by atoms with Crippen LogP contribution in [-0.2, 0) is 25.5 Å². The van der Waals surface area contributed by atoms with E-state index in [2.05, 4.69) is 6.92 Å². The van der Waals surface area contributed by atoms with Crippen LogP contribution in [-0.4, -0.2) is 46.2 Å². The number of benzene rings is 1. The van der Waals surface area contributed by atoms with E-state index in [0.717, 1.165) is 24.0 Å². The minimum Gasteiger partial charge on any atom is -0.399 e. The van der Waals surface area contributed by atoms with Gasteiger partial charge in [0.2, 0.25) is 0 Å². The lowest BCUT2D eigenvalue weighted by molar-refractivity contribution is -0.200. The van der Waals surface area contributed by atoms with Crippen molar-refractivity contribution in [1.82, 2.24) is 0 Å². The first-order chi connectivity index (χ1) is 20.0. The van der Waals surface area contributed by atoms with Gasteiger partial charge in [-0.15, -0.1) is 11.3 Å². The van der Waals surface area contributed by atoms with E-state index in [1.807, 2.05) is 31.2 Å². The van der Waals surface area contributed by atoms with Crippen LogP contribution in [0.2, 0.25) is 0 Å². The van der Waals surface area contributed by atoms with Gasteiger partial charge >= 0.3 is 0 Å². The summed E-state index contributed by atoms with van der Waals surface area (Å²) >= 11 is 1.24. The summed E-state index contributed by atoms with van der Waals surface area (Å²) in [7, 11) is 0. The molecule has 1 saturated heterocycles. The Bertz CT molecular complexity index is 1530. The second-order valence-corrected chi connectivity index (χ2v) is 14.3. The average molecular weight is 594 g/mol. The molecule has 42 heavy (non-hydrogen) atoms. The number of nitrogen functional groups attached to an aromatic ring is 1. The predicted molar refractivity (Wildman–Crippen MR) is 155 cm³/mol. The number of halogens is 1. The van der Waals surface area contributed by atoms with Gasteiger partial charge in [0.05, 0.1) is 17.1 Å². The first-order valence-corrected chi connectivity index (χ1v) is 15.5. The van der Waals surface area contributed by atoms with Gasteiger partial charge in [0, 0.05) is 33.7 Å². The maximum atomic E-state index is 15.1. The lowest BCUT2D eigenvalue weighted by Gasteiger charge is -2.59. The Kier molecular flexibility index (Phi) is 6.46. The maximum Gasteiger partial charge on any atom is 0.195 e. The highest BCUT2D eigenvalue weighted by Gasteiger charge is 2.76. The molecule has 0 amide bonds. The Labute approximate surface area is 248 Å². The first-order valence-electron chi connectivity index (χ1n) is 14.7. The van der Waals surface area contributed by atoms with Crippen molar-refractivity contribution in [1.29, 1.82) is 0 Å². The van der Waals surface area contributed by atoms with Gasteiger partial charge in [0.15, 0.2) is 23.5 Å². The van der Waals surface area contributed by atoms with E-state index in [1.54, 1.807) is 18.2 Å². The van der Waals surface area contributed by atoms with Gasteiger partial charge in [-0.25, -0.2) is 4.39 Å². The number of Topliss-reactive ketones (excluding diaryl/α,β-unsaturated/α-hetero) is 1. The minimum atomic E-state index is -1.47. The number of hydrogen-bond acceptors (Lipinski definition) is 8. The van der Waals surface area contributed by atoms with Crippen molar-refractivity contribution < 1.29 is 33.7 Å². The van der Waals surface area contributed by atoms with Crippen molar-refractivity contribution in [3.8, 4) is 0 Å². The molecule has 4 fully saturated rings. The number of nitrogens with two attached hydrogens (primary N) is 1. The fourth-order valence-corrected chi connectivity index (χ4v) is 10.4. The highest BCUT2D eigenvalue weighted by Crippen LogP contribution is 2.70. The molecule has 0 bridgehead atoms. The summed E-state index contributed by atoms with van der Waals surface area (Å²) in [5.74, 6) is -0.904. The molecule has 4 aliphatic carbocycles. The van der Waals surface area contributed by atoms with Crippen molar-refractivity contribution in [3.63, 3.8) is 0 Å². The summed E-state index contributed by atoms with van der Waals surface area (Å²) in [5.41, 5.74) is 5.74. The molecule has 2 aromatic rings. The van der Waals surface area contributed by atoms with Crippen LogP contribution in [0, 0.1) is 34.4 Å². The van der Waals surface area contributed by atoms with E-state index in [9.17, 15) is 19.8 Å². The molecule has 4 N–H and O–H groups in total. The summed E-state index contributed by atoms with van der Waals surface area (Å²) in [6.07, 6.45) is 5.64. The molecule has 1 aromatic heterocycles. The van der Waals surface area contributed by atoms with Gasteiger partial charge in [-0.2, -0.15) is 0 Å². The zero-order valence-corrected chi connectivity index (χ0v) is 24.5. The third kappa shape index (κ3) is 3.83. The maximum absolute atomic E-state index is 15.1. The second-order valence-electron chi connectivity index (χ2n) is 13.2. The number of carbonyl (C=O) groups is 2. The molecule has 0 unspecified atom stereocenters. The average Bonchev–Trinajstić information content (AvgIpc) is 3.58. The zero-order chi connectivity index (χ0) is 29.6. The molecule has 1 aliphatic heterocycles. The SMILES string of the molecule is C[C@]12C=CC(=O)C=C1CC[C@@H]1[C@@H]2[C@@H](O)C[C@@]2(C)[C@H]1C[C@H]1O[C@@H](c3cc(F)c(Cc4cccc(N)c4)s3)O[C@]12C(=O)CO. The normalized spacial score (nSPS) is 40.2. The Morgan fingerprint density at radius 3 is 2.83 bits per heavy atom. The van der Waals surface area contributed by atoms with E-state index in [1.165, 1.54) is 17.4 Å². The van der Waals surface area contributed by atoms with Gasteiger partial charge in [0.1, 0.15) is 12.4 Å². The van der Waals surface area contributed by atoms with Gasteiger partial charge < -0.3 is 25.4 Å². The molecule has 1 aromatic carbocycles. The van der Waals surface area contributed by atoms with Gasteiger partial charge in [-0.3, -0.25) is 9.59 Å². The highest BCUT2D eigenvalue weighted by atomic mass is 32.1. The molecule has 7 nitrogen and oxygen atoms in total. The predicted octanol–water partition coefficient (Wildman–Crippen LogP) is 4.66. The van der Waals surface area contributed by atoms with Crippen LogP contribution in [0.15, 0.2) is 54.1 Å². The van der Waals surface area contributed by atoms with Crippen molar-refractivity contribution in [3.05, 3.63) is 75.3 Å². The summed E-state index contributed by atoms with van der Waals surface area (Å²) in [5, 5.41) is 22.0. The van der Waals surface area contributed by atoms with Crippen molar-refractivity contribution in [2.24, 2.45) is 28.6 Å². The topological polar surface area (TPSA) is 119 Å². The largest absolute Gasteiger partial charge is 0.399 e. The standard InChI is InChI=1S/C33H36FNO6S/c1-31-9-8-20(37)12-18(31)6-7-21-22-13-28-33(27(39)16-36,32(22,2)15-24(38)29(21)31)41-30(40-28)26-14-23(34)25(42-26)11-17-4-3-5-19(35)10-17/h3-5,8-10,12,14,21-22,24,28-30,36,38H,6-7,11,13,15-16,35H2,1-2H3/t21-,22-,24-,28+,29+,30+,31-,32-,33+/m0/s1. The number of anilines is 1. The van der Waals surface area contributed by atoms with E-state index in [4.69, 9.17) is 15.2 Å². The van der Waals surface area contributed by atoms with Crippen molar-refractivity contribution in [2.45, 2.75) is 70.1 Å². The Morgan fingerprint density at radius 2 is 2.07 bits per heavy atom. The minimum absolute atomic E-state index is 0.00377. The lowest BCUT2D eigenvalue weighted by Crippen LogP contribution is -2.63. The molecule has 9 heteroatoms. The second kappa shape index (κ2) is 9.66. The van der Waals surface area contributed by atoms with Crippen LogP contribution >= 0.6 is 11.3 Å². The molecule has 9 atom stereocenters. The van der Waals surface area contributed by atoms with Gasteiger partial charge in [-0.05, 0) is 73.4 Å². The summed E-state index contributed by atoms with van der Waals surface area (Å²) in [6, 6.07) is 8.73. The van der Waals surface area contributed by atoms with Crippen LogP contribution in [0.25, 0.3) is 0 Å². The van der Waals surface area contributed by atoms with Crippen LogP contribution in [0.1, 0.15) is 61.1 Å². The molecule has 5 aliphatic rings. The van der Waals surface area contributed by atoms with Gasteiger partial charge in [-0.1, -0.05) is 37.6 Å². The number of fused-ring (bicyclic) bond motifs is 7. The van der Waals surface area contributed by atoms with Crippen molar-refractivity contribution >= 4 is 28.6 Å². The summed E-state index contributed by atoms with van der Waals surface area (Å²) < 4.78 is 28.2. The molecule has 2 heterocycles. The monoisotopic (exact) mass is 593 g/mol. The van der Waals surface area contributed by atoms with Crippen molar-refractivity contribution in [2.75, 3.05) is 12.3 Å². The van der Waals surface area contributed by atoms with E-state index < -0.39 is 47.3 Å². The quantitative estimate of drug-likeness (QED) is 0.432. The van der Waals surface area contributed by atoms with E-state index in [0.29, 0.717) is 34.7 Å². The Balaban J connectivity index is 1.21. The van der Waals surface area contributed by atoms with Crippen LogP contribution in [0.5, 0.6) is 0 Å². The van der Waals surface area contributed by atoms with Gasteiger partial charge in [0.25, 0.3) is 0 Å². The van der Waals surface area contributed by atoms with E-state index >= 15 is 4.39 Å². The first kappa shape index (κ1) is 28.1. The summed E-state index contributed by atoms with van der Waals surface area (Å²) in [4.78, 5) is 26.9. The summed E-state index contributed by atoms with van der Waals surface area (Å²) in [6.45, 7) is 3.38. The van der Waals surface area contributed by atoms with Crippen LogP contribution in [0.3, 0.4) is 0 Å². The number of aliphatic hydroxyl groups is 2. The Hall–Kier alpha value is -2.69. The molecule has 222 valence electrons. The molecule has 0 radical (unpaired) electrons. The molecular formula is C33H36FNO6S. The fourth-order valence-electron chi connectivity index (χ4n) is 9.36. The third-order valence-corrected chi connectivity index (χ3v) is 12.3. The van der Waals surface area contributed by atoms with Crippen LogP contribution < -0.4 is 5.73 Å². The number of ether oxygens (including phenoxy) is 2. The Morgan fingerprint density at radius 1 is 1.26 bits per heavy atom. The fraction of sp³-hybridized carbons (Fsp3) is 0.515. The highest BCUT2D eigenvalue weighted by molar-refractivity contribution is 7.12. The number of carbonyl (C=O) groups excluding carboxylic acids is 2. The number of hydrogen-bond donors (Lipinski definition) is 3. The lowest BCUT2D eigenvalue weighted by atomic mass is 9.46. The number of rotatable bonds is 5. The molecule has 3 saturated carbocycles. The molecular weight excluding hydrogens is 557 g/mol. The molecule has 0 spiro atoms.